The van der Waals surface area contributed by atoms with Gasteiger partial charge in [0.05, 0.1) is 58.9 Å². The molecule has 1 unspecified atom stereocenters. The van der Waals surface area contributed by atoms with Gasteiger partial charge in [-0.05, 0) is 172 Å². The fourth-order valence-corrected chi connectivity index (χ4v) is 21.8. The largest absolute Gasteiger partial charge is 0.481 e. The number of Topliss-reactive ketones (excluding diaryl/α,β-unsaturated/α-hetero) is 1. The van der Waals surface area contributed by atoms with Crippen LogP contribution in [-0.2, 0) is 66.7 Å². The Morgan fingerprint density at radius 3 is 0.875 bits per heavy atom. The van der Waals surface area contributed by atoms with E-state index in [1.807, 2.05) is 0 Å². The van der Waals surface area contributed by atoms with Crippen molar-refractivity contribution >= 4 is 64.6 Å². The minimum Gasteiger partial charge on any atom is -0.481 e. The van der Waals surface area contributed by atoms with E-state index in [1.54, 1.807) is 13.8 Å². The lowest BCUT2D eigenvalue weighted by Crippen LogP contribution is -2.64. The molecule has 0 amide bonds. The zero-order valence-corrected chi connectivity index (χ0v) is 50.7. The molecule has 4 heterocycles. The molecule has 16 aliphatic carbocycles. The second kappa shape index (κ2) is 21.0. The summed E-state index contributed by atoms with van der Waals surface area (Å²) in [7, 11) is 0. The standard InChI is InChI=1S/C18H22O6.2C15H22O4.C13H18O3.H2IP/c1-17(2)23-15(19)14(16(20)24-17)13-9-5-11-7-10(13)8-12(6-9)18(11)21-3-4-22-18;2*1-14(8-13(16)17)9-4-11-6-10(14)7-12(5-9)15(11)18-2-3-19-15;1-13(6-11(14)15)9-2-7-3-10(13)5-8(4-9)12(7)16;1-2/h9-12H,3-8H2,1-2H3;2*9-12H,2-8H2,1H3,(H,16,17);7-10H,2-6H2,1H3,(H,14,15);2H2. The topological polar surface area (TPSA) is 237 Å². The maximum Gasteiger partial charge on any atom is 0.348 e. The molecule has 16 bridgehead atoms. The summed E-state index contributed by atoms with van der Waals surface area (Å²) in [6.07, 6.45) is 17.2. The number of carboxylic acids is 3. The molecule has 0 aromatic carbocycles. The summed E-state index contributed by atoms with van der Waals surface area (Å²) < 4.78 is 46.8. The molecule has 3 N–H and O–H groups in total. The average molecular weight is 1250 g/mol. The number of hydrogen-bond donors (Lipinski definition) is 3. The number of rotatable bonds is 6. The Morgan fingerprint density at radius 2 is 0.625 bits per heavy atom. The Labute approximate surface area is 485 Å². The van der Waals surface area contributed by atoms with Gasteiger partial charge in [-0.1, -0.05) is 49.7 Å². The van der Waals surface area contributed by atoms with Gasteiger partial charge >= 0.3 is 29.8 Å². The zero-order valence-electron chi connectivity index (χ0n) is 47.4. The molecule has 20 fully saturated rings. The first-order chi connectivity index (χ1) is 38.0. The summed E-state index contributed by atoms with van der Waals surface area (Å²) in [5.74, 6) is 2.16. The summed E-state index contributed by atoms with van der Waals surface area (Å²) >= 11 is 2.07. The highest BCUT2D eigenvalue weighted by Crippen LogP contribution is 2.70. The molecule has 4 saturated heterocycles. The highest BCUT2D eigenvalue weighted by atomic mass is 127. The second-order valence-corrected chi connectivity index (χ2v) is 28.8. The number of carbonyl (C=O) groups is 6. The van der Waals surface area contributed by atoms with Crippen molar-refractivity contribution in [2.24, 2.45) is 111 Å². The van der Waals surface area contributed by atoms with Crippen LogP contribution in [0.1, 0.15) is 157 Å². The number of carboxylic acid groups (broad SMARTS) is 3. The molecular weight excluding hydrogens is 1160 g/mol. The number of hydrogen-bond acceptors (Lipinski definition) is 14. The molecule has 0 radical (unpaired) electrons. The van der Waals surface area contributed by atoms with Crippen LogP contribution in [0.4, 0.5) is 0 Å². The van der Waals surface area contributed by atoms with Crippen molar-refractivity contribution in [3.8, 4) is 0 Å². The van der Waals surface area contributed by atoms with E-state index in [1.165, 1.54) is 0 Å². The van der Waals surface area contributed by atoms with Crippen LogP contribution in [0.25, 0.3) is 0 Å². The van der Waals surface area contributed by atoms with Gasteiger partial charge in [-0.2, -0.15) is 0 Å². The number of allylic oxidation sites excluding steroid dienone is 1. The molecule has 16 saturated carbocycles. The first kappa shape index (κ1) is 58.1. The molecule has 1 atom stereocenters. The van der Waals surface area contributed by atoms with Crippen molar-refractivity contribution in [1.82, 2.24) is 0 Å². The van der Waals surface area contributed by atoms with Crippen molar-refractivity contribution in [3.63, 3.8) is 0 Å². The lowest BCUT2D eigenvalue weighted by Gasteiger charge is -2.65. The highest BCUT2D eigenvalue weighted by molar-refractivity contribution is 14.2. The van der Waals surface area contributed by atoms with Gasteiger partial charge in [0.25, 0.3) is 5.79 Å². The minimum absolute atomic E-state index is 0.000945. The number of carbonyl (C=O) groups excluding carboxylic acids is 3. The van der Waals surface area contributed by atoms with E-state index < -0.39 is 41.4 Å². The Balaban J connectivity index is 0.000000106. The van der Waals surface area contributed by atoms with Gasteiger partial charge in [0, 0.05) is 61.2 Å². The highest BCUT2D eigenvalue weighted by Gasteiger charge is 2.69. The lowest BCUT2D eigenvalue weighted by atomic mass is 9.43. The maximum absolute atomic E-state index is 12.5. The van der Waals surface area contributed by atoms with Crippen molar-refractivity contribution < 1.29 is 82.0 Å². The minimum atomic E-state index is -1.18. The zero-order chi connectivity index (χ0) is 56.7. The molecule has 4 aliphatic heterocycles. The summed E-state index contributed by atoms with van der Waals surface area (Å²) in [6.45, 7) is 16.4. The normalized spacial score (nSPS) is 46.3. The Hall–Kier alpha value is -2.32. The molecular formula is C61H86IO17P. The maximum atomic E-state index is 12.5. The monoisotopic (exact) mass is 1250 g/mol. The van der Waals surface area contributed by atoms with E-state index in [-0.39, 0.29) is 63.5 Å². The third kappa shape index (κ3) is 9.24. The average Bonchev–Trinajstić information content (AvgIpc) is 2.07. The van der Waals surface area contributed by atoms with Gasteiger partial charge in [-0.25, -0.2) is 9.59 Å². The van der Waals surface area contributed by atoms with Crippen LogP contribution < -0.4 is 0 Å². The van der Waals surface area contributed by atoms with Crippen LogP contribution >= 0.6 is 28.9 Å². The predicted octanol–water partition coefficient (Wildman–Crippen LogP) is 9.80. The molecule has 444 valence electrons. The fourth-order valence-electron chi connectivity index (χ4n) is 21.8. The molecule has 17 nitrogen and oxygen atoms in total. The number of halogens is 1. The lowest BCUT2D eigenvalue weighted by molar-refractivity contribution is -0.309. The van der Waals surface area contributed by atoms with Crippen molar-refractivity contribution in [2.75, 3.05) is 39.6 Å². The molecule has 80 heavy (non-hydrogen) atoms. The number of aliphatic carboxylic acids is 3. The van der Waals surface area contributed by atoms with E-state index in [4.69, 9.17) is 43.0 Å². The SMILES string of the molecule is CC1(C)OC(=O)C(=C2C3CC4CC2CC(C3)C42OCCO2)C(=O)O1.CC1(CC(=O)O)C2CC3CC1CC(C2)C31OCCO1.CC1(CC(=O)O)C2CC3CC1CC(C2)C31OCCO1.CC1(CC(=O)O)C2CC3CC1CC(C2)C3=O.PI. The number of cyclic esters (lactones) is 2. The van der Waals surface area contributed by atoms with Gasteiger partial charge in [0.2, 0.25) is 0 Å². The van der Waals surface area contributed by atoms with Crippen molar-refractivity contribution in [1.29, 1.82) is 0 Å². The third-order valence-electron chi connectivity index (χ3n) is 25.0. The summed E-state index contributed by atoms with van der Waals surface area (Å²) in [4.78, 5) is 70.2. The van der Waals surface area contributed by atoms with Gasteiger partial charge in [-0.3, -0.25) is 19.2 Å². The third-order valence-corrected chi connectivity index (χ3v) is 25.0. The van der Waals surface area contributed by atoms with Crippen molar-refractivity contribution in [3.05, 3.63) is 11.1 Å². The summed E-state index contributed by atoms with van der Waals surface area (Å²) in [6, 6.07) is 0. The Morgan fingerprint density at radius 1 is 0.400 bits per heavy atom. The van der Waals surface area contributed by atoms with E-state index in [9.17, 15) is 39.0 Å². The van der Waals surface area contributed by atoms with Crippen LogP contribution in [-0.4, -0.2) is 114 Å². The van der Waals surface area contributed by atoms with Crippen LogP contribution in [0.5, 0.6) is 0 Å². The van der Waals surface area contributed by atoms with Gasteiger partial charge < -0.3 is 53.2 Å². The molecule has 19 heteroatoms. The van der Waals surface area contributed by atoms with Gasteiger partial charge in [-0.15, -0.1) is 0 Å². The van der Waals surface area contributed by atoms with Gasteiger partial charge in [0.15, 0.2) is 17.4 Å². The van der Waals surface area contributed by atoms with Crippen LogP contribution in [0.15, 0.2) is 11.1 Å². The Kier molecular flexibility index (Phi) is 15.2. The van der Waals surface area contributed by atoms with E-state index in [0.29, 0.717) is 103 Å². The molecule has 20 aliphatic rings. The number of ether oxygens (including phenoxy) is 8. The molecule has 20 rings (SSSR count). The number of esters is 2. The first-order valence-electron chi connectivity index (χ1n) is 30.4. The quantitative estimate of drug-likeness (QED) is 0.0737. The van der Waals surface area contributed by atoms with Crippen LogP contribution in [0, 0.1) is 111 Å². The van der Waals surface area contributed by atoms with E-state index in [2.05, 4.69) is 49.7 Å². The second-order valence-electron chi connectivity index (χ2n) is 28.8. The fraction of sp³-hybridized carbons (Fsp3) is 0.869. The van der Waals surface area contributed by atoms with Crippen molar-refractivity contribution in [2.45, 2.75) is 180 Å². The van der Waals surface area contributed by atoms with Crippen LogP contribution in [0.2, 0.25) is 0 Å². The van der Waals surface area contributed by atoms with Crippen LogP contribution in [0.3, 0.4) is 0 Å². The Bertz CT molecular complexity index is 2290. The van der Waals surface area contributed by atoms with E-state index in [0.717, 1.165) is 135 Å². The first-order valence-corrected chi connectivity index (χ1v) is 34.6. The number of ketones is 1. The van der Waals surface area contributed by atoms with E-state index >= 15 is 0 Å². The van der Waals surface area contributed by atoms with Gasteiger partial charge in [0.1, 0.15) is 11.4 Å². The molecule has 0 aromatic heterocycles. The summed E-state index contributed by atoms with van der Waals surface area (Å²) in [5.41, 5.74) is 1.09. The summed E-state index contributed by atoms with van der Waals surface area (Å²) in [5, 5.41) is 27.5. The predicted molar refractivity (Wildman–Crippen MR) is 297 cm³/mol. The smallest absolute Gasteiger partial charge is 0.348 e. The molecule has 0 aromatic rings. The molecule has 3 spiro atoms.